The molecular formula is C14H20O3. The highest BCUT2D eigenvalue weighted by Gasteiger charge is 2.13. The second-order valence-electron chi connectivity index (χ2n) is 4.40. The van der Waals surface area contributed by atoms with Crippen molar-refractivity contribution in [3.63, 3.8) is 0 Å². The fourth-order valence-corrected chi connectivity index (χ4v) is 1.81. The van der Waals surface area contributed by atoms with Crippen LogP contribution in [0.4, 0.5) is 0 Å². The number of hydrogen-bond acceptors (Lipinski definition) is 2. The summed E-state index contributed by atoms with van der Waals surface area (Å²) in [5.74, 6) is -0.655. The predicted molar refractivity (Wildman–Crippen MR) is 67.1 cm³/mol. The summed E-state index contributed by atoms with van der Waals surface area (Å²) in [6.07, 6.45) is 1.13. The van der Waals surface area contributed by atoms with E-state index in [1.165, 1.54) is 0 Å². The summed E-state index contributed by atoms with van der Waals surface area (Å²) in [7, 11) is 0. The Balaban J connectivity index is 2.64. The van der Waals surface area contributed by atoms with E-state index < -0.39 is 5.97 Å². The van der Waals surface area contributed by atoms with E-state index in [0.717, 1.165) is 17.5 Å². The van der Waals surface area contributed by atoms with Crippen molar-refractivity contribution < 1.29 is 15.0 Å². The van der Waals surface area contributed by atoms with Gasteiger partial charge in [0.1, 0.15) is 0 Å². The lowest BCUT2D eigenvalue weighted by molar-refractivity contribution is -0.136. The summed E-state index contributed by atoms with van der Waals surface area (Å²) in [6.45, 7) is 3.96. The molecule has 1 rings (SSSR count). The third-order valence-electron chi connectivity index (χ3n) is 3.13. The first-order valence-electron chi connectivity index (χ1n) is 6.03. The van der Waals surface area contributed by atoms with Gasteiger partial charge in [-0.15, -0.1) is 0 Å². The third kappa shape index (κ3) is 4.19. The Bertz CT molecular complexity index is 356. The zero-order valence-electron chi connectivity index (χ0n) is 10.4. The summed E-state index contributed by atoms with van der Waals surface area (Å²) in [4.78, 5) is 10.4. The van der Waals surface area contributed by atoms with Gasteiger partial charge in [-0.1, -0.05) is 38.1 Å². The molecule has 3 nitrogen and oxygen atoms in total. The summed E-state index contributed by atoms with van der Waals surface area (Å²) in [6, 6.07) is 7.83. The molecule has 0 saturated carbocycles. The summed E-state index contributed by atoms with van der Waals surface area (Å²) < 4.78 is 0. The van der Waals surface area contributed by atoms with E-state index in [0.29, 0.717) is 6.42 Å². The lowest BCUT2D eigenvalue weighted by Crippen LogP contribution is -2.14. The third-order valence-corrected chi connectivity index (χ3v) is 3.13. The number of rotatable bonds is 6. The van der Waals surface area contributed by atoms with Gasteiger partial charge >= 0.3 is 5.97 Å². The normalized spacial score (nSPS) is 14.3. The smallest absolute Gasteiger partial charge is 0.303 e. The van der Waals surface area contributed by atoms with Crippen LogP contribution in [0.1, 0.15) is 43.7 Å². The van der Waals surface area contributed by atoms with Gasteiger partial charge in [0, 0.05) is 12.3 Å². The van der Waals surface area contributed by atoms with Crippen molar-refractivity contribution in [2.75, 3.05) is 0 Å². The van der Waals surface area contributed by atoms with Crippen LogP contribution in [0.25, 0.3) is 0 Å². The topological polar surface area (TPSA) is 57.5 Å². The number of aryl methyl sites for hydroxylation is 1. The number of benzene rings is 1. The summed E-state index contributed by atoms with van der Waals surface area (Å²) in [5, 5.41) is 18.3. The first-order chi connectivity index (χ1) is 8.04. The average Bonchev–Trinajstić information content (AvgIpc) is 2.35. The van der Waals surface area contributed by atoms with E-state index in [1.807, 2.05) is 38.1 Å². The Hall–Kier alpha value is -1.35. The molecule has 2 N–H and O–H groups in total. The molecule has 0 aliphatic rings. The summed E-state index contributed by atoms with van der Waals surface area (Å²) >= 11 is 0. The molecule has 17 heavy (non-hydrogen) atoms. The first kappa shape index (κ1) is 13.7. The van der Waals surface area contributed by atoms with Crippen LogP contribution in [0.2, 0.25) is 0 Å². The molecule has 1 aromatic rings. The highest BCUT2D eigenvalue weighted by Crippen LogP contribution is 2.21. The largest absolute Gasteiger partial charge is 0.481 e. The highest BCUT2D eigenvalue weighted by molar-refractivity contribution is 5.67. The molecule has 0 spiro atoms. The van der Waals surface area contributed by atoms with E-state index in [1.54, 1.807) is 0 Å². The molecular weight excluding hydrogens is 216 g/mol. The van der Waals surface area contributed by atoms with Gasteiger partial charge in [0.2, 0.25) is 0 Å². The van der Waals surface area contributed by atoms with Crippen molar-refractivity contribution >= 4 is 5.97 Å². The highest BCUT2D eigenvalue weighted by atomic mass is 16.4. The molecule has 0 saturated heterocycles. The second-order valence-corrected chi connectivity index (χ2v) is 4.40. The number of hydrogen-bond donors (Lipinski definition) is 2. The zero-order valence-corrected chi connectivity index (χ0v) is 10.4. The van der Waals surface area contributed by atoms with Crippen LogP contribution >= 0.6 is 0 Å². The van der Waals surface area contributed by atoms with Gasteiger partial charge < -0.3 is 10.2 Å². The Morgan fingerprint density at radius 1 is 1.29 bits per heavy atom. The minimum Gasteiger partial charge on any atom is -0.481 e. The molecule has 94 valence electrons. The second kappa shape index (κ2) is 6.40. The molecule has 0 bridgehead atoms. The predicted octanol–water partition coefficient (Wildman–Crippen LogP) is 2.58. The van der Waals surface area contributed by atoms with E-state index in [-0.39, 0.29) is 18.4 Å². The minimum absolute atomic E-state index is 0.119. The van der Waals surface area contributed by atoms with Crippen LogP contribution in [0.5, 0.6) is 0 Å². The van der Waals surface area contributed by atoms with Crippen LogP contribution in [-0.4, -0.2) is 22.3 Å². The zero-order chi connectivity index (χ0) is 12.8. The van der Waals surface area contributed by atoms with Crippen molar-refractivity contribution in [2.24, 2.45) is 0 Å². The SMILES string of the molecule is CCC(O)C(C)c1ccc(CCC(=O)O)cc1. The molecule has 2 unspecified atom stereocenters. The van der Waals surface area contributed by atoms with E-state index in [9.17, 15) is 9.90 Å². The van der Waals surface area contributed by atoms with Crippen molar-refractivity contribution in [2.45, 2.75) is 45.1 Å². The van der Waals surface area contributed by atoms with Crippen molar-refractivity contribution in [3.8, 4) is 0 Å². The maximum atomic E-state index is 10.4. The van der Waals surface area contributed by atoms with Crippen LogP contribution in [0.3, 0.4) is 0 Å². The Labute approximate surface area is 102 Å². The molecule has 0 fully saturated rings. The monoisotopic (exact) mass is 236 g/mol. The number of carbonyl (C=O) groups is 1. The molecule has 1 aromatic carbocycles. The van der Waals surface area contributed by atoms with E-state index in [2.05, 4.69) is 0 Å². The number of carboxylic acid groups (broad SMARTS) is 1. The van der Waals surface area contributed by atoms with Crippen molar-refractivity contribution in [1.29, 1.82) is 0 Å². The van der Waals surface area contributed by atoms with Crippen LogP contribution in [0.15, 0.2) is 24.3 Å². The molecule has 3 heteroatoms. The van der Waals surface area contributed by atoms with Crippen LogP contribution in [0, 0.1) is 0 Å². The van der Waals surface area contributed by atoms with Crippen molar-refractivity contribution in [3.05, 3.63) is 35.4 Å². The first-order valence-corrected chi connectivity index (χ1v) is 6.03. The average molecular weight is 236 g/mol. The van der Waals surface area contributed by atoms with Gasteiger partial charge in [0.05, 0.1) is 6.10 Å². The van der Waals surface area contributed by atoms with E-state index in [4.69, 9.17) is 5.11 Å². The number of aliphatic hydroxyl groups is 1. The molecule has 0 radical (unpaired) electrons. The molecule has 0 aliphatic carbocycles. The quantitative estimate of drug-likeness (QED) is 0.798. The van der Waals surface area contributed by atoms with Gasteiger partial charge in [-0.25, -0.2) is 0 Å². The van der Waals surface area contributed by atoms with E-state index >= 15 is 0 Å². The maximum Gasteiger partial charge on any atom is 0.303 e. The minimum atomic E-state index is -0.774. The van der Waals surface area contributed by atoms with Gasteiger partial charge in [-0.05, 0) is 24.0 Å². The van der Waals surface area contributed by atoms with Gasteiger partial charge in [-0.3, -0.25) is 4.79 Å². The molecule has 0 amide bonds. The van der Waals surface area contributed by atoms with Crippen LogP contribution < -0.4 is 0 Å². The lowest BCUT2D eigenvalue weighted by atomic mass is 9.93. The Kier molecular flexibility index (Phi) is 5.16. The van der Waals surface area contributed by atoms with Gasteiger partial charge in [0.25, 0.3) is 0 Å². The molecule has 2 atom stereocenters. The molecule has 0 aromatic heterocycles. The standard InChI is InChI=1S/C14H20O3/c1-3-13(15)10(2)12-7-4-11(5-8-12)6-9-14(16)17/h4-5,7-8,10,13,15H,3,6,9H2,1-2H3,(H,16,17). The maximum absolute atomic E-state index is 10.4. The Morgan fingerprint density at radius 2 is 1.88 bits per heavy atom. The van der Waals surface area contributed by atoms with Crippen molar-refractivity contribution in [1.82, 2.24) is 0 Å². The van der Waals surface area contributed by atoms with Crippen LogP contribution in [-0.2, 0) is 11.2 Å². The van der Waals surface area contributed by atoms with Gasteiger partial charge in [0.15, 0.2) is 0 Å². The number of aliphatic hydroxyl groups excluding tert-OH is 1. The lowest BCUT2D eigenvalue weighted by Gasteiger charge is -2.17. The molecule has 0 heterocycles. The number of carboxylic acids is 1. The Morgan fingerprint density at radius 3 is 2.35 bits per heavy atom. The fraction of sp³-hybridized carbons (Fsp3) is 0.500. The fourth-order valence-electron chi connectivity index (χ4n) is 1.81. The summed E-state index contributed by atoms with van der Waals surface area (Å²) in [5.41, 5.74) is 2.12. The van der Waals surface area contributed by atoms with Gasteiger partial charge in [-0.2, -0.15) is 0 Å². The number of aliphatic carboxylic acids is 1. The molecule has 0 aliphatic heterocycles.